The van der Waals surface area contributed by atoms with E-state index in [1.54, 1.807) is 36.5 Å². The SMILES string of the molecule is COC(=O)c1ccc(CC2(C)C(/C=C/C=C/Nc3ccccc3)=[N+](C)c3ccc4c(S(=O)(=O)O)cc(S(=O)(=O)O)cc4c32)cc1. The number of ether oxygens (including phenoxy) is 1. The molecule has 12 heteroatoms. The zero-order valence-electron chi connectivity index (χ0n) is 24.6. The predicted octanol–water partition coefficient (Wildman–Crippen LogP) is 5.53. The van der Waals surface area contributed by atoms with Gasteiger partial charge in [-0.25, -0.2) is 4.79 Å². The first-order valence-corrected chi connectivity index (χ1v) is 16.6. The molecule has 0 saturated heterocycles. The van der Waals surface area contributed by atoms with Gasteiger partial charge in [0.25, 0.3) is 20.2 Å². The number of hydrogen-bond donors (Lipinski definition) is 3. The monoisotopic (exact) mass is 647 g/mol. The van der Waals surface area contributed by atoms with Gasteiger partial charge in [0.15, 0.2) is 5.71 Å². The van der Waals surface area contributed by atoms with E-state index in [4.69, 9.17) is 4.74 Å². The summed E-state index contributed by atoms with van der Waals surface area (Å²) in [5.41, 5.74) is 3.31. The van der Waals surface area contributed by atoms with Crippen LogP contribution in [0.1, 0.15) is 28.4 Å². The lowest BCUT2D eigenvalue weighted by atomic mass is 9.73. The van der Waals surface area contributed by atoms with Crippen LogP contribution in [0, 0.1) is 0 Å². The Balaban J connectivity index is 1.69. The second kappa shape index (κ2) is 12.1. The van der Waals surface area contributed by atoms with Crippen molar-refractivity contribution in [1.82, 2.24) is 0 Å². The van der Waals surface area contributed by atoms with E-state index in [9.17, 15) is 30.7 Å². The van der Waals surface area contributed by atoms with Gasteiger partial charge in [0, 0.05) is 35.0 Å². The Bertz CT molecular complexity index is 2120. The summed E-state index contributed by atoms with van der Waals surface area (Å²) in [4.78, 5) is 10.7. The van der Waals surface area contributed by atoms with Gasteiger partial charge in [-0.15, -0.1) is 0 Å². The van der Waals surface area contributed by atoms with Gasteiger partial charge in [-0.2, -0.15) is 21.4 Å². The third kappa shape index (κ3) is 6.31. The molecule has 0 bridgehead atoms. The van der Waals surface area contributed by atoms with E-state index in [0.717, 1.165) is 23.0 Å². The van der Waals surface area contributed by atoms with E-state index < -0.39 is 41.4 Å². The van der Waals surface area contributed by atoms with E-state index in [0.29, 0.717) is 23.2 Å². The van der Waals surface area contributed by atoms with Gasteiger partial charge >= 0.3 is 5.97 Å². The summed E-state index contributed by atoms with van der Waals surface area (Å²) in [7, 11) is -6.58. The number of para-hydroxylation sites is 1. The zero-order valence-corrected chi connectivity index (χ0v) is 26.3. The smallest absolute Gasteiger partial charge is 0.337 e. The molecular formula is C33H31N2O8S2+. The molecule has 1 heterocycles. The van der Waals surface area contributed by atoms with Crippen molar-refractivity contribution in [3.05, 3.63) is 120 Å². The average Bonchev–Trinajstić information content (AvgIpc) is 3.21. The highest BCUT2D eigenvalue weighted by Crippen LogP contribution is 2.47. The maximum Gasteiger partial charge on any atom is 0.337 e. The van der Waals surface area contributed by atoms with Gasteiger partial charge in [0.1, 0.15) is 11.9 Å². The quantitative estimate of drug-likeness (QED) is 0.0922. The number of nitrogens with zero attached hydrogens (tertiary/aromatic N) is 1. The van der Waals surface area contributed by atoms with Crippen LogP contribution in [0.3, 0.4) is 0 Å². The van der Waals surface area contributed by atoms with Crippen LogP contribution >= 0.6 is 0 Å². The molecule has 4 aromatic rings. The Hall–Kier alpha value is -4.62. The molecule has 3 N–H and O–H groups in total. The van der Waals surface area contributed by atoms with Crippen molar-refractivity contribution < 1.29 is 40.0 Å². The summed E-state index contributed by atoms with van der Waals surface area (Å²) < 4.78 is 76.1. The van der Waals surface area contributed by atoms with Crippen LogP contribution < -0.4 is 5.32 Å². The number of methoxy groups -OCH3 is 1. The number of rotatable bonds is 9. The highest BCUT2D eigenvalue weighted by molar-refractivity contribution is 7.86. The van der Waals surface area contributed by atoms with Crippen molar-refractivity contribution in [1.29, 1.82) is 0 Å². The normalized spacial score (nSPS) is 16.9. The number of benzene rings is 4. The van der Waals surface area contributed by atoms with Gasteiger partial charge in [0.2, 0.25) is 5.69 Å². The van der Waals surface area contributed by atoms with Crippen molar-refractivity contribution in [2.45, 2.75) is 28.6 Å². The number of carbonyl (C=O) groups is 1. The maximum atomic E-state index is 12.4. The minimum Gasteiger partial charge on any atom is -0.465 e. The number of allylic oxidation sites excluding steroid dienone is 3. The van der Waals surface area contributed by atoms with E-state index in [1.807, 2.05) is 67.1 Å². The average molecular weight is 648 g/mol. The molecule has 5 rings (SSSR count). The second-order valence-electron chi connectivity index (χ2n) is 10.8. The van der Waals surface area contributed by atoms with Crippen LogP contribution in [0.4, 0.5) is 11.4 Å². The van der Waals surface area contributed by atoms with Crippen molar-refractivity contribution in [3.63, 3.8) is 0 Å². The van der Waals surface area contributed by atoms with Gasteiger partial charge < -0.3 is 10.1 Å². The number of carbonyl (C=O) groups excluding carboxylic acids is 1. The number of anilines is 1. The first-order valence-electron chi connectivity index (χ1n) is 13.7. The fourth-order valence-electron chi connectivity index (χ4n) is 5.85. The Morgan fingerprint density at radius 1 is 0.911 bits per heavy atom. The summed E-state index contributed by atoms with van der Waals surface area (Å²) in [6.07, 6.45) is 7.72. The first kappa shape index (κ1) is 31.8. The number of fused-ring (bicyclic) bond motifs is 3. The van der Waals surface area contributed by atoms with Crippen LogP contribution in [0.5, 0.6) is 0 Å². The van der Waals surface area contributed by atoms with Crippen molar-refractivity contribution in [2.75, 3.05) is 19.5 Å². The minimum atomic E-state index is -4.88. The van der Waals surface area contributed by atoms with Gasteiger partial charge in [-0.05, 0) is 72.8 Å². The van der Waals surface area contributed by atoms with Crippen LogP contribution in [-0.2, 0) is 36.8 Å². The largest absolute Gasteiger partial charge is 0.465 e. The number of esters is 1. The molecule has 0 saturated carbocycles. The molecule has 232 valence electrons. The van der Waals surface area contributed by atoms with Gasteiger partial charge in [-0.3, -0.25) is 9.11 Å². The molecular weight excluding hydrogens is 617 g/mol. The molecule has 0 amide bonds. The van der Waals surface area contributed by atoms with Crippen LogP contribution in [0.25, 0.3) is 10.8 Å². The second-order valence-corrected chi connectivity index (χ2v) is 13.6. The lowest BCUT2D eigenvalue weighted by Crippen LogP contribution is -2.33. The minimum absolute atomic E-state index is 0.0986. The Morgan fingerprint density at radius 2 is 1.60 bits per heavy atom. The predicted molar refractivity (Wildman–Crippen MR) is 172 cm³/mol. The molecule has 0 spiro atoms. The topological polar surface area (TPSA) is 150 Å². The lowest BCUT2D eigenvalue weighted by Gasteiger charge is -2.24. The van der Waals surface area contributed by atoms with E-state index in [2.05, 4.69) is 5.32 Å². The summed E-state index contributed by atoms with van der Waals surface area (Å²) in [5, 5.41) is 3.52. The third-order valence-corrected chi connectivity index (χ3v) is 9.61. The fraction of sp³-hybridized carbons (Fsp3) is 0.152. The molecule has 0 aromatic heterocycles. The third-order valence-electron chi connectivity index (χ3n) is 7.88. The summed E-state index contributed by atoms with van der Waals surface area (Å²) in [6, 6.07) is 21.7. The van der Waals surface area contributed by atoms with Crippen molar-refractivity contribution >= 4 is 54.1 Å². The fourth-order valence-corrected chi connectivity index (χ4v) is 7.19. The summed E-state index contributed by atoms with van der Waals surface area (Å²) in [5.74, 6) is -0.480. The van der Waals surface area contributed by atoms with Crippen LogP contribution in [0.15, 0.2) is 113 Å². The lowest BCUT2D eigenvalue weighted by molar-refractivity contribution is -0.401. The highest BCUT2D eigenvalue weighted by Gasteiger charge is 2.48. The Kier molecular flexibility index (Phi) is 8.51. The van der Waals surface area contributed by atoms with Gasteiger partial charge in [-0.1, -0.05) is 36.4 Å². The van der Waals surface area contributed by atoms with Crippen molar-refractivity contribution in [3.8, 4) is 0 Å². The Labute approximate surface area is 261 Å². The molecule has 4 aromatic carbocycles. The number of nitrogens with one attached hydrogen (secondary N) is 1. The summed E-state index contributed by atoms with van der Waals surface area (Å²) in [6.45, 7) is 1.95. The molecule has 45 heavy (non-hydrogen) atoms. The van der Waals surface area contributed by atoms with E-state index in [-0.39, 0.29) is 10.8 Å². The molecule has 1 aliphatic heterocycles. The summed E-state index contributed by atoms with van der Waals surface area (Å²) >= 11 is 0. The maximum absolute atomic E-state index is 12.4. The molecule has 1 atom stereocenters. The van der Waals surface area contributed by atoms with Crippen LogP contribution in [-0.4, -0.2) is 56.4 Å². The van der Waals surface area contributed by atoms with E-state index >= 15 is 0 Å². The zero-order chi connectivity index (χ0) is 32.6. The molecule has 0 fully saturated rings. The first-order chi connectivity index (χ1) is 21.2. The van der Waals surface area contributed by atoms with Crippen LogP contribution in [0.2, 0.25) is 0 Å². The van der Waals surface area contributed by atoms with Gasteiger partial charge in [0.05, 0.1) is 23.0 Å². The standard InChI is InChI=1S/C33H30N2O8S2/c1-33(21-22-12-14-23(15-13-22)32(36)43-3)30(11-7-8-18-34-24-9-5-4-6-10-24)35(2)28-17-16-26-27(31(28)33)19-25(44(37,38)39)20-29(26)45(40,41)42/h4-20H,21H2,1-3H3,(H2,37,38,39,40,41,42)/p+1. The molecule has 10 nitrogen and oxygen atoms in total. The highest BCUT2D eigenvalue weighted by atomic mass is 32.2. The molecule has 0 aliphatic carbocycles. The molecule has 1 unspecified atom stereocenters. The molecule has 0 radical (unpaired) electrons. The Morgan fingerprint density at radius 3 is 2.22 bits per heavy atom. The molecule has 1 aliphatic rings. The van der Waals surface area contributed by atoms with E-state index in [1.165, 1.54) is 19.2 Å². The van der Waals surface area contributed by atoms with Crippen molar-refractivity contribution in [2.24, 2.45) is 0 Å². The number of hydrogen-bond acceptors (Lipinski definition) is 7.